The summed E-state index contributed by atoms with van der Waals surface area (Å²) in [6.07, 6.45) is -0.599. The van der Waals surface area contributed by atoms with E-state index in [0.29, 0.717) is 24.3 Å². The Morgan fingerprint density at radius 3 is 2.38 bits per heavy atom. The van der Waals surface area contributed by atoms with Crippen molar-refractivity contribution in [3.63, 3.8) is 0 Å². The molecule has 0 heterocycles. The van der Waals surface area contributed by atoms with Crippen molar-refractivity contribution in [3.8, 4) is 5.75 Å². The molecule has 0 aliphatic carbocycles. The highest BCUT2D eigenvalue weighted by atomic mass is 19.1. The minimum Gasteiger partial charge on any atom is -0.491 e. The molecule has 0 saturated heterocycles. The van der Waals surface area contributed by atoms with Gasteiger partial charge in [0.05, 0.1) is 0 Å². The molecule has 1 aromatic carbocycles. The van der Waals surface area contributed by atoms with Crippen molar-refractivity contribution in [2.75, 3.05) is 33.8 Å². The Labute approximate surface area is 126 Å². The predicted octanol–water partition coefficient (Wildman–Crippen LogP) is 1.74. The first-order chi connectivity index (χ1) is 9.88. The van der Waals surface area contributed by atoms with E-state index in [2.05, 4.69) is 24.1 Å². The second kappa shape index (κ2) is 8.97. The monoisotopic (exact) mass is 298 g/mol. The van der Waals surface area contributed by atoms with Gasteiger partial charge in [-0.1, -0.05) is 13.8 Å². The number of halogens is 1. The molecule has 0 aliphatic heterocycles. The molecule has 0 radical (unpaired) electrons. The summed E-state index contributed by atoms with van der Waals surface area (Å²) in [6.45, 7) is 5.89. The summed E-state index contributed by atoms with van der Waals surface area (Å²) in [5.74, 6) is 0.745. The standard InChI is InChI=1S/C16H27FN2O2/c1-12(2)16(10-19(3)4)18-9-14(20)11-21-15-7-5-13(17)6-8-15/h5-8,12,14,16,18,20H,9-11H2,1-4H3. The molecule has 0 fully saturated rings. The average Bonchev–Trinajstić information content (AvgIpc) is 2.42. The van der Waals surface area contributed by atoms with Gasteiger partial charge in [-0.2, -0.15) is 0 Å². The molecule has 0 aromatic heterocycles. The van der Waals surface area contributed by atoms with E-state index in [1.807, 2.05) is 14.1 Å². The van der Waals surface area contributed by atoms with Crippen LogP contribution in [-0.2, 0) is 0 Å². The molecule has 0 saturated carbocycles. The number of nitrogens with one attached hydrogen (secondary N) is 1. The van der Waals surface area contributed by atoms with E-state index in [1.165, 1.54) is 12.1 Å². The van der Waals surface area contributed by atoms with Gasteiger partial charge in [0.2, 0.25) is 0 Å². The molecule has 2 N–H and O–H groups in total. The lowest BCUT2D eigenvalue weighted by molar-refractivity contribution is 0.0996. The van der Waals surface area contributed by atoms with E-state index in [1.54, 1.807) is 12.1 Å². The minimum absolute atomic E-state index is 0.186. The number of likely N-dealkylation sites (N-methyl/N-ethyl adjacent to an activating group) is 1. The third-order valence-corrected chi connectivity index (χ3v) is 3.24. The first-order valence-corrected chi connectivity index (χ1v) is 7.33. The molecule has 1 aromatic rings. The van der Waals surface area contributed by atoms with Crippen LogP contribution in [0.2, 0.25) is 0 Å². The van der Waals surface area contributed by atoms with Crippen molar-refractivity contribution in [1.29, 1.82) is 0 Å². The summed E-state index contributed by atoms with van der Waals surface area (Å²) >= 11 is 0. The van der Waals surface area contributed by atoms with Crippen LogP contribution in [-0.4, -0.2) is 55.9 Å². The van der Waals surface area contributed by atoms with E-state index in [4.69, 9.17) is 4.74 Å². The number of hydrogen-bond acceptors (Lipinski definition) is 4. The maximum atomic E-state index is 12.8. The molecule has 21 heavy (non-hydrogen) atoms. The second-order valence-electron chi connectivity index (χ2n) is 5.94. The van der Waals surface area contributed by atoms with Crippen molar-refractivity contribution in [2.45, 2.75) is 26.0 Å². The van der Waals surface area contributed by atoms with Gasteiger partial charge in [-0.25, -0.2) is 4.39 Å². The van der Waals surface area contributed by atoms with Gasteiger partial charge in [0.1, 0.15) is 24.3 Å². The summed E-state index contributed by atoms with van der Waals surface area (Å²) in [5, 5.41) is 13.3. The molecular formula is C16H27FN2O2. The van der Waals surface area contributed by atoms with E-state index in [0.717, 1.165) is 6.54 Å². The molecule has 0 bridgehead atoms. The number of nitrogens with zero attached hydrogens (tertiary/aromatic N) is 1. The van der Waals surface area contributed by atoms with Crippen LogP contribution in [0.3, 0.4) is 0 Å². The van der Waals surface area contributed by atoms with Crippen LogP contribution in [0.15, 0.2) is 24.3 Å². The quantitative estimate of drug-likeness (QED) is 0.729. The number of aliphatic hydroxyl groups is 1. The molecule has 5 heteroatoms. The van der Waals surface area contributed by atoms with Gasteiger partial charge in [-0.3, -0.25) is 0 Å². The fourth-order valence-corrected chi connectivity index (χ4v) is 1.97. The first kappa shape index (κ1) is 17.9. The van der Waals surface area contributed by atoms with Gasteiger partial charge in [-0.05, 0) is 44.3 Å². The molecular weight excluding hydrogens is 271 g/mol. The molecule has 120 valence electrons. The number of ether oxygens (including phenoxy) is 1. The Bertz CT molecular complexity index is 396. The fourth-order valence-electron chi connectivity index (χ4n) is 1.97. The molecule has 2 atom stereocenters. The van der Waals surface area contributed by atoms with Crippen LogP contribution in [0.25, 0.3) is 0 Å². The fraction of sp³-hybridized carbons (Fsp3) is 0.625. The predicted molar refractivity (Wildman–Crippen MR) is 83.1 cm³/mol. The summed E-state index contributed by atoms with van der Waals surface area (Å²) in [6, 6.07) is 6.11. The third kappa shape index (κ3) is 7.41. The van der Waals surface area contributed by atoms with Gasteiger partial charge in [0.15, 0.2) is 0 Å². The van der Waals surface area contributed by atoms with E-state index in [-0.39, 0.29) is 12.4 Å². The lowest BCUT2D eigenvalue weighted by atomic mass is 10.0. The first-order valence-electron chi connectivity index (χ1n) is 7.33. The van der Waals surface area contributed by atoms with Crippen LogP contribution in [0, 0.1) is 11.7 Å². The average molecular weight is 298 g/mol. The Morgan fingerprint density at radius 1 is 1.24 bits per heavy atom. The van der Waals surface area contributed by atoms with Crippen molar-refractivity contribution in [3.05, 3.63) is 30.1 Å². The zero-order chi connectivity index (χ0) is 15.8. The summed E-state index contributed by atoms with van der Waals surface area (Å²) < 4.78 is 18.2. The maximum absolute atomic E-state index is 12.8. The largest absolute Gasteiger partial charge is 0.491 e. The van der Waals surface area contributed by atoms with Gasteiger partial charge in [-0.15, -0.1) is 0 Å². The highest BCUT2D eigenvalue weighted by molar-refractivity contribution is 5.22. The Morgan fingerprint density at radius 2 is 1.86 bits per heavy atom. The Kier molecular flexibility index (Phi) is 7.64. The van der Waals surface area contributed by atoms with Crippen molar-refractivity contribution >= 4 is 0 Å². The van der Waals surface area contributed by atoms with Crippen LogP contribution in [0.4, 0.5) is 4.39 Å². The SMILES string of the molecule is CC(C)C(CN(C)C)NCC(O)COc1ccc(F)cc1. The molecule has 4 nitrogen and oxygen atoms in total. The normalized spacial score (nSPS) is 14.5. The van der Waals surface area contributed by atoms with Crippen LogP contribution in [0.5, 0.6) is 5.75 Å². The summed E-state index contributed by atoms with van der Waals surface area (Å²) in [4.78, 5) is 2.12. The van der Waals surface area contributed by atoms with Gasteiger partial charge >= 0.3 is 0 Å². The lowest BCUT2D eigenvalue weighted by Gasteiger charge is -2.26. The van der Waals surface area contributed by atoms with E-state index < -0.39 is 6.10 Å². The Hall–Kier alpha value is -1.17. The number of aliphatic hydroxyl groups excluding tert-OH is 1. The van der Waals surface area contributed by atoms with Crippen LogP contribution < -0.4 is 10.1 Å². The van der Waals surface area contributed by atoms with Crippen molar-refractivity contribution in [1.82, 2.24) is 10.2 Å². The molecule has 2 unspecified atom stereocenters. The molecule has 0 spiro atoms. The molecule has 0 amide bonds. The maximum Gasteiger partial charge on any atom is 0.123 e. The van der Waals surface area contributed by atoms with Crippen molar-refractivity contribution < 1.29 is 14.2 Å². The van der Waals surface area contributed by atoms with E-state index >= 15 is 0 Å². The van der Waals surface area contributed by atoms with Gasteiger partial charge < -0.3 is 20.1 Å². The highest BCUT2D eigenvalue weighted by Crippen LogP contribution is 2.11. The van der Waals surface area contributed by atoms with Crippen LogP contribution in [0.1, 0.15) is 13.8 Å². The van der Waals surface area contributed by atoms with Gasteiger partial charge in [0, 0.05) is 19.1 Å². The molecule has 0 aliphatic rings. The van der Waals surface area contributed by atoms with Gasteiger partial charge in [0.25, 0.3) is 0 Å². The van der Waals surface area contributed by atoms with E-state index in [9.17, 15) is 9.50 Å². The minimum atomic E-state index is -0.599. The zero-order valence-electron chi connectivity index (χ0n) is 13.3. The lowest BCUT2D eigenvalue weighted by Crippen LogP contribution is -2.45. The van der Waals surface area contributed by atoms with Crippen molar-refractivity contribution in [2.24, 2.45) is 5.92 Å². The molecule has 1 rings (SSSR count). The summed E-state index contributed by atoms with van der Waals surface area (Å²) in [5.41, 5.74) is 0. The summed E-state index contributed by atoms with van der Waals surface area (Å²) in [7, 11) is 4.07. The topological polar surface area (TPSA) is 44.7 Å². The number of hydrogen-bond donors (Lipinski definition) is 2. The Balaban J connectivity index is 2.32. The highest BCUT2D eigenvalue weighted by Gasteiger charge is 2.15. The zero-order valence-corrected chi connectivity index (χ0v) is 13.3. The second-order valence-corrected chi connectivity index (χ2v) is 5.94. The third-order valence-electron chi connectivity index (χ3n) is 3.24. The smallest absolute Gasteiger partial charge is 0.123 e. The number of rotatable bonds is 9. The number of benzene rings is 1. The van der Waals surface area contributed by atoms with Crippen LogP contribution >= 0.6 is 0 Å².